The SMILES string of the molecule is CC(=O)Nc1cc(NC(C)=O)cc(C(=O)NCC2(N3CCOCC3)CCCCC2)c1. The van der Waals surface area contributed by atoms with Crippen LogP contribution in [0.15, 0.2) is 18.2 Å². The van der Waals surface area contributed by atoms with Gasteiger partial charge in [-0.3, -0.25) is 19.3 Å². The lowest BCUT2D eigenvalue weighted by atomic mass is 9.79. The van der Waals surface area contributed by atoms with Crippen LogP contribution in [0.2, 0.25) is 0 Å². The fourth-order valence-corrected chi connectivity index (χ4v) is 4.51. The maximum absolute atomic E-state index is 13.0. The van der Waals surface area contributed by atoms with Gasteiger partial charge in [0.2, 0.25) is 11.8 Å². The fourth-order valence-electron chi connectivity index (χ4n) is 4.51. The number of morpholine rings is 1. The Balaban J connectivity index is 1.76. The number of nitrogens with zero attached hydrogens (tertiary/aromatic N) is 1. The first kappa shape index (κ1) is 22.2. The van der Waals surface area contributed by atoms with Crippen molar-refractivity contribution in [3.8, 4) is 0 Å². The van der Waals surface area contributed by atoms with Gasteiger partial charge in [-0.25, -0.2) is 0 Å². The van der Waals surface area contributed by atoms with E-state index in [0.717, 1.165) is 52.0 Å². The Bertz CT molecular complexity index is 749. The minimum atomic E-state index is -0.241. The molecule has 2 aliphatic rings. The van der Waals surface area contributed by atoms with Crippen LogP contribution in [0.4, 0.5) is 11.4 Å². The van der Waals surface area contributed by atoms with Crippen LogP contribution in [0.1, 0.15) is 56.3 Å². The predicted octanol–water partition coefficient (Wildman–Crippen LogP) is 2.37. The second-order valence-corrected chi connectivity index (χ2v) is 8.23. The molecule has 1 aromatic carbocycles. The van der Waals surface area contributed by atoms with E-state index in [1.807, 2.05) is 0 Å². The number of carbonyl (C=O) groups is 3. The molecule has 0 radical (unpaired) electrons. The monoisotopic (exact) mass is 416 g/mol. The Morgan fingerprint density at radius 1 is 0.933 bits per heavy atom. The summed E-state index contributed by atoms with van der Waals surface area (Å²) in [4.78, 5) is 38.4. The predicted molar refractivity (Wildman–Crippen MR) is 116 cm³/mol. The number of anilines is 2. The molecule has 0 aromatic heterocycles. The molecule has 0 atom stereocenters. The molecule has 0 unspecified atom stereocenters. The maximum atomic E-state index is 13.0. The standard InChI is InChI=1S/C22H32N4O4/c1-16(27)24-19-12-18(13-20(14-19)25-17(2)28)21(29)23-15-22(6-4-3-5-7-22)26-8-10-30-11-9-26/h12-14H,3-11,15H2,1-2H3,(H,23,29)(H,24,27)(H,25,28). The van der Waals surface area contributed by atoms with Crippen LogP contribution in [-0.4, -0.2) is 61.0 Å². The lowest BCUT2D eigenvalue weighted by molar-refractivity contribution is -0.115. The largest absolute Gasteiger partial charge is 0.379 e. The first-order valence-electron chi connectivity index (χ1n) is 10.7. The summed E-state index contributed by atoms with van der Waals surface area (Å²) in [5, 5.41) is 8.49. The number of ether oxygens (including phenoxy) is 1. The van der Waals surface area contributed by atoms with Crippen molar-refractivity contribution in [3.63, 3.8) is 0 Å². The third-order valence-electron chi connectivity index (χ3n) is 5.88. The molecule has 3 amide bonds. The number of hydrogen-bond donors (Lipinski definition) is 3. The van der Waals surface area contributed by atoms with Gasteiger partial charge in [-0.2, -0.15) is 0 Å². The molecule has 30 heavy (non-hydrogen) atoms. The summed E-state index contributed by atoms with van der Waals surface area (Å²) < 4.78 is 5.52. The zero-order valence-electron chi connectivity index (χ0n) is 17.9. The molecule has 1 saturated heterocycles. The van der Waals surface area contributed by atoms with Crippen molar-refractivity contribution in [3.05, 3.63) is 23.8 Å². The number of benzene rings is 1. The van der Waals surface area contributed by atoms with Gasteiger partial charge in [0.05, 0.1) is 13.2 Å². The molecule has 1 saturated carbocycles. The molecular weight excluding hydrogens is 384 g/mol. The van der Waals surface area contributed by atoms with Crippen molar-refractivity contribution in [1.82, 2.24) is 10.2 Å². The van der Waals surface area contributed by atoms with Gasteiger partial charge < -0.3 is 20.7 Å². The zero-order chi connectivity index (χ0) is 21.6. The van der Waals surface area contributed by atoms with Crippen molar-refractivity contribution < 1.29 is 19.1 Å². The number of carbonyl (C=O) groups excluding carboxylic acids is 3. The number of rotatable bonds is 6. The van der Waals surface area contributed by atoms with Crippen molar-refractivity contribution in [2.75, 3.05) is 43.5 Å². The van der Waals surface area contributed by atoms with E-state index in [2.05, 4.69) is 20.9 Å². The second kappa shape index (κ2) is 10.0. The van der Waals surface area contributed by atoms with Gasteiger partial charge in [-0.1, -0.05) is 19.3 Å². The van der Waals surface area contributed by atoms with Crippen molar-refractivity contribution in [1.29, 1.82) is 0 Å². The molecule has 0 bridgehead atoms. The Morgan fingerprint density at radius 2 is 1.50 bits per heavy atom. The number of hydrogen-bond acceptors (Lipinski definition) is 5. The Kier molecular flexibility index (Phi) is 7.44. The van der Waals surface area contributed by atoms with Crippen molar-refractivity contribution in [2.24, 2.45) is 0 Å². The molecule has 1 heterocycles. The summed E-state index contributed by atoms with van der Waals surface area (Å²) in [5.41, 5.74) is 1.31. The van der Waals surface area contributed by atoms with Crippen LogP contribution in [0.25, 0.3) is 0 Å². The smallest absolute Gasteiger partial charge is 0.251 e. The molecule has 8 heteroatoms. The van der Waals surface area contributed by atoms with Crippen LogP contribution < -0.4 is 16.0 Å². The highest BCUT2D eigenvalue weighted by molar-refractivity contribution is 5.99. The van der Waals surface area contributed by atoms with Gasteiger partial charge in [0.1, 0.15) is 0 Å². The molecular formula is C22H32N4O4. The average Bonchev–Trinajstić information content (AvgIpc) is 2.72. The molecule has 2 fully saturated rings. The van der Waals surface area contributed by atoms with Crippen LogP contribution in [0, 0.1) is 0 Å². The summed E-state index contributed by atoms with van der Waals surface area (Å²) >= 11 is 0. The lowest BCUT2D eigenvalue weighted by Gasteiger charge is -2.48. The van der Waals surface area contributed by atoms with E-state index < -0.39 is 0 Å². The first-order valence-corrected chi connectivity index (χ1v) is 10.7. The van der Waals surface area contributed by atoms with E-state index in [9.17, 15) is 14.4 Å². The minimum absolute atomic E-state index is 0.0343. The van der Waals surface area contributed by atoms with Gasteiger partial charge in [0.25, 0.3) is 5.91 Å². The quantitative estimate of drug-likeness (QED) is 0.661. The van der Waals surface area contributed by atoms with Gasteiger partial charge in [0.15, 0.2) is 0 Å². The molecule has 0 spiro atoms. The first-order chi connectivity index (χ1) is 14.4. The third-order valence-corrected chi connectivity index (χ3v) is 5.88. The van der Waals surface area contributed by atoms with Gasteiger partial charge in [-0.15, -0.1) is 0 Å². The van der Waals surface area contributed by atoms with Gasteiger partial charge in [0, 0.05) is 56.0 Å². The maximum Gasteiger partial charge on any atom is 0.251 e. The van der Waals surface area contributed by atoms with Crippen molar-refractivity contribution >= 4 is 29.1 Å². The van der Waals surface area contributed by atoms with E-state index in [1.165, 1.54) is 20.3 Å². The fraction of sp³-hybridized carbons (Fsp3) is 0.591. The van der Waals surface area contributed by atoms with Crippen LogP contribution in [0.3, 0.4) is 0 Å². The highest BCUT2D eigenvalue weighted by Crippen LogP contribution is 2.34. The zero-order valence-corrected chi connectivity index (χ0v) is 17.9. The van der Waals surface area contributed by atoms with Crippen molar-refractivity contribution in [2.45, 2.75) is 51.5 Å². The molecule has 8 nitrogen and oxygen atoms in total. The second-order valence-electron chi connectivity index (χ2n) is 8.23. The Labute approximate surface area is 177 Å². The van der Waals surface area contributed by atoms with E-state index in [0.29, 0.717) is 23.5 Å². The van der Waals surface area contributed by atoms with Crippen LogP contribution >= 0.6 is 0 Å². The van der Waals surface area contributed by atoms with E-state index in [-0.39, 0.29) is 23.3 Å². The molecule has 3 N–H and O–H groups in total. The molecule has 1 aliphatic heterocycles. The lowest BCUT2D eigenvalue weighted by Crippen LogP contribution is -2.59. The summed E-state index contributed by atoms with van der Waals surface area (Å²) in [6.45, 7) is 6.62. The van der Waals surface area contributed by atoms with Gasteiger partial charge in [-0.05, 0) is 31.0 Å². The number of amides is 3. The molecule has 3 rings (SSSR count). The average molecular weight is 417 g/mol. The summed E-state index contributed by atoms with van der Waals surface area (Å²) in [6, 6.07) is 4.89. The highest BCUT2D eigenvalue weighted by Gasteiger charge is 2.38. The topological polar surface area (TPSA) is 99.8 Å². The Morgan fingerprint density at radius 3 is 2.03 bits per heavy atom. The summed E-state index contributed by atoms with van der Waals surface area (Å²) in [6.07, 6.45) is 5.70. The van der Waals surface area contributed by atoms with Gasteiger partial charge >= 0.3 is 0 Å². The van der Waals surface area contributed by atoms with Crippen LogP contribution in [-0.2, 0) is 14.3 Å². The minimum Gasteiger partial charge on any atom is -0.379 e. The molecule has 1 aromatic rings. The van der Waals surface area contributed by atoms with E-state index >= 15 is 0 Å². The van der Waals surface area contributed by atoms with Crippen LogP contribution in [0.5, 0.6) is 0 Å². The highest BCUT2D eigenvalue weighted by atomic mass is 16.5. The van der Waals surface area contributed by atoms with E-state index in [1.54, 1.807) is 18.2 Å². The summed E-state index contributed by atoms with van der Waals surface area (Å²) in [5.74, 6) is -0.698. The molecule has 1 aliphatic carbocycles. The number of nitrogens with one attached hydrogen (secondary N) is 3. The normalized spacial score (nSPS) is 19.0. The summed E-state index contributed by atoms with van der Waals surface area (Å²) in [7, 11) is 0. The third kappa shape index (κ3) is 5.79. The Hall–Kier alpha value is -2.45. The van der Waals surface area contributed by atoms with E-state index in [4.69, 9.17) is 4.74 Å². The molecule has 164 valence electrons.